The highest BCUT2D eigenvalue weighted by Crippen LogP contribution is 2.52. The lowest BCUT2D eigenvalue weighted by Gasteiger charge is -2.43. The second-order valence-corrected chi connectivity index (χ2v) is 10.4. The molecular weight excluding hydrogens is 382 g/mol. The van der Waals surface area contributed by atoms with Crippen molar-refractivity contribution in [2.75, 3.05) is 13.7 Å². The molecule has 2 aromatic carbocycles. The molecule has 0 spiro atoms. The number of ether oxygens (including phenoxy) is 1. The zero-order valence-electron chi connectivity index (χ0n) is 20.0. The molecule has 1 aliphatic heterocycles. The summed E-state index contributed by atoms with van der Waals surface area (Å²) in [6.07, 6.45) is 0.723. The molecule has 0 unspecified atom stereocenters. The lowest BCUT2D eigenvalue weighted by atomic mass is 9.62. The fourth-order valence-corrected chi connectivity index (χ4v) is 5.42. The van der Waals surface area contributed by atoms with E-state index in [1.54, 1.807) is 7.11 Å². The monoisotopic (exact) mass is 418 g/mol. The molecule has 3 heteroatoms. The first kappa shape index (κ1) is 22.0. The SMILES string of the molecule is CO[C@H]1[n+]2c(ccc3c(CC(C)C)cccc32)-c2cc(C)ccc2C(C)(C)[C@@]1(C)CO. The minimum atomic E-state index is -0.524. The summed E-state index contributed by atoms with van der Waals surface area (Å²) in [4.78, 5) is 0. The second-order valence-electron chi connectivity index (χ2n) is 10.4. The normalized spacial score (nSPS) is 22.3. The van der Waals surface area contributed by atoms with E-state index in [1.165, 1.54) is 27.6 Å². The number of nitrogens with zero attached hydrogens (tertiary/aromatic N) is 1. The van der Waals surface area contributed by atoms with Crippen molar-refractivity contribution in [2.45, 2.75) is 59.6 Å². The van der Waals surface area contributed by atoms with Gasteiger partial charge in [0.1, 0.15) is 0 Å². The van der Waals surface area contributed by atoms with Crippen molar-refractivity contribution in [3.63, 3.8) is 0 Å². The van der Waals surface area contributed by atoms with Crippen molar-refractivity contribution in [2.24, 2.45) is 11.3 Å². The Morgan fingerprint density at radius 1 is 1.06 bits per heavy atom. The minimum absolute atomic E-state index is 0.0281. The highest BCUT2D eigenvalue weighted by atomic mass is 16.5. The lowest BCUT2D eigenvalue weighted by Crippen LogP contribution is -2.57. The molecule has 2 atom stereocenters. The molecule has 1 aliphatic rings. The number of fused-ring (bicyclic) bond motifs is 5. The molecule has 0 bridgehead atoms. The van der Waals surface area contributed by atoms with Crippen molar-refractivity contribution in [3.05, 3.63) is 65.2 Å². The van der Waals surface area contributed by atoms with E-state index in [0.717, 1.165) is 17.6 Å². The standard InChI is InChI=1S/C28H36NO2/c1-18(2)15-20-9-8-10-24-21(20)12-14-25-22-16-19(3)11-13-23(22)27(4,5)28(6,17-30)26(31-7)29(24)25/h8-14,16,18,26,30H,15,17H2,1-7H3/q+1/t26-,28+/m1/s1. The third-order valence-electron chi connectivity index (χ3n) is 7.61. The van der Waals surface area contributed by atoms with Crippen LogP contribution in [0.3, 0.4) is 0 Å². The van der Waals surface area contributed by atoms with Crippen molar-refractivity contribution in [1.29, 1.82) is 0 Å². The zero-order chi connectivity index (χ0) is 22.6. The molecule has 1 aromatic heterocycles. The van der Waals surface area contributed by atoms with Gasteiger partial charge in [0.05, 0.1) is 17.6 Å². The number of aromatic nitrogens is 1. The number of hydrogen-bond donors (Lipinski definition) is 1. The van der Waals surface area contributed by atoms with E-state index in [1.807, 2.05) is 0 Å². The molecule has 0 aliphatic carbocycles. The second kappa shape index (κ2) is 7.72. The summed E-state index contributed by atoms with van der Waals surface area (Å²) in [5, 5.41) is 12.0. The van der Waals surface area contributed by atoms with Gasteiger partial charge in [0.15, 0.2) is 0 Å². The summed E-state index contributed by atoms with van der Waals surface area (Å²) in [7, 11) is 1.77. The van der Waals surface area contributed by atoms with E-state index >= 15 is 0 Å². The first-order valence-corrected chi connectivity index (χ1v) is 11.4. The summed E-state index contributed by atoms with van der Waals surface area (Å²) < 4.78 is 8.57. The van der Waals surface area contributed by atoms with Gasteiger partial charge in [-0.2, -0.15) is 4.57 Å². The molecule has 0 saturated carbocycles. The van der Waals surface area contributed by atoms with Crippen LogP contribution in [-0.4, -0.2) is 18.8 Å². The average Bonchev–Trinajstić information content (AvgIpc) is 2.78. The maximum absolute atomic E-state index is 10.8. The summed E-state index contributed by atoms with van der Waals surface area (Å²) in [6, 6.07) is 17.8. The van der Waals surface area contributed by atoms with Gasteiger partial charge in [-0.15, -0.1) is 0 Å². The molecule has 3 nitrogen and oxygen atoms in total. The van der Waals surface area contributed by atoms with Gasteiger partial charge in [0.2, 0.25) is 11.2 Å². The van der Waals surface area contributed by atoms with Crippen molar-refractivity contribution in [1.82, 2.24) is 0 Å². The minimum Gasteiger partial charge on any atom is -0.395 e. The molecule has 0 fully saturated rings. The molecule has 3 aromatic rings. The Bertz CT molecular complexity index is 1130. The Hall–Kier alpha value is -2.23. The Morgan fingerprint density at radius 3 is 2.45 bits per heavy atom. The summed E-state index contributed by atoms with van der Waals surface area (Å²) >= 11 is 0. The Morgan fingerprint density at radius 2 is 1.81 bits per heavy atom. The fourth-order valence-electron chi connectivity index (χ4n) is 5.42. The molecule has 0 radical (unpaired) electrons. The summed E-state index contributed by atoms with van der Waals surface area (Å²) in [5.74, 6) is 0.581. The maximum Gasteiger partial charge on any atom is 0.271 e. The van der Waals surface area contributed by atoms with Crippen LogP contribution in [0.1, 0.15) is 57.5 Å². The van der Waals surface area contributed by atoms with E-state index < -0.39 is 5.41 Å². The van der Waals surface area contributed by atoms with Crippen LogP contribution < -0.4 is 4.57 Å². The molecule has 2 heterocycles. The van der Waals surface area contributed by atoms with E-state index in [2.05, 4.69) is 94.6 Å². The number of aliphatic hydroxyl groups is 1. The van der Waals surface area contributed by atoms with Gasteiger partial charge in [0.25, 0.3) is 6.23 Å². The Balaban J connectivity index is 2.16. The van der Waals surface area contributed by atoms with Gasteiger partial charge in [-0.1, -0.05) is 57.5 Å². The van der Waals surface area contributed by atoms with E-state index in [4.69, 9.17) is 4.74 Å². The predicted octanol–water partition coefficient (Wildman–Crippen LogP) is 5.74. The van der Waals surface area contributed by atoms with Crippen molar-refractivity contribution < 1.29 is 14.4 Å². The van der Waals surface area contributed by atoms with Crippen LogP contribution in [0.4, 0.5) is 0 Å². The van der Waals surface area contributed by atoms with Gasteiger partial charge < -0.3 is 9.84 Å². The van der Waals surface area contributed by atoms with Gasteiger partial charge in [-0.25, -0.2) is 0 Å². The Kier molecular flexibility index (Phi) is 5.47. The van der Waals surface area contributed by atoms with E-state index in [0.29, 0.717) is 5.92 Å². The van der Waals surface area contributed by atoms with Crippen LogP contribution in [0, 0.1) is 18.3 Å². The topological polar surface area (TPSA) is 33.3 Å². The highest BCUT2D eigenvalue weighted by Gasteiger charge is 2.57. The number of aliphatic hydroxyl groups excluding tert-OH is 1. The first-order chi connectivity index (χ1) is 14.7. The quantitative estimate of drug-likeness (QED) is 0.549. The van der Waals surface area contributed by atoms with Gasteiger partial charge in [-0.05, 0) is 49.4 Å². The first-order valence-electron chi connectivity index (χ1n) is 11.4. The van der Waals surface area contributed by atoms with Crippen LogP contribution in [-0.2, 0) is 16.6 Å². The third-order valence-corrected chi connectivity index (χ3v) is 7.61. The zero-order valence-corrected chi connectivity index (χ0v) is 20.0. The molecule has 4 rings (SSSR count). The van der Waals surface area contributed by atoms with Crippen LogP contribution in [0.15, 0.2) is 48.5 Å². The number of methoxy groups -OCH3 is 1. The highest BCUT2D eigenvalue weighted by molar-refractivity contribution is 5.82. The molecule has 1 N–H and O–H groups in total. The van der Waals surface area contributed by atoms with Crippen LogP contribution in [0.25, 0.3) is 22.2 Å². The van der Waals surface area contributed by atoms with Crippen LogP contribution >= 0.6 is 0 Å². The summed E-state index contributed by atoms with van der Waals surface area (Å²) in [6.45, 7) is 13.3. The van der Waals surface area contributed by atoms with Crippen LogP contribution in [0.5, 0.6) is 0 Å². The average molecular weight is 419 g/mol. The van der Waals surface area contributed by atoms with E-state index in [9.17, 15) is 5.11 Å². The predicted molar refractivity (Wildman–Crippen MR) is 127 cm³/mol. The van der Waals surface area contributed by atoms with Crippen molar-refractivity contribution >= 4 is 10.9 Å². The number of aryl methyl sites for hydroxylation is 1. The summed E-state index contributed by atoms with van der Waals surface area (Å²) in [5.41, 5.74) is 6.54. The number of benzene rings is 2. The van der Waals surface area contributed by atoms with Gasteiger partial charge >= 0.3 is 0 Å². The van der Waals surface area contributed by atoms with Crippen molar-refractivity contribution in [3.8, 4) is 11.3 Å². The number of hydrogen-bond acceptors (Lipinski definition) is 2. The van der Waals surface area contributed by atoms with Crippen LogP contribution in [0.2, 0.25) is 0 Å². The lowest BCUT2D eigenvalue weighted by molar-refractivity contribution is -0.747. The number of rotatable bonds is 4. The maximum atomic E-state index is 10.8. The fraction of sp³-hybridized carbons (Fsp3) is 0.464. The Labute approximate surface area is 186 Å². The smallest absolute Gasteiger partial charge is 0.271 e. The molecule has 0 amide bonds. The molecule has 164 valence electrons. The molecule has 0 saturated heterocycles. The van der Waals surface area contributed by atoms with E-state index in [-0.39, 0.29) is 18.2 Å². The third kappa shape index (κ3) is 3.21. The number of pyridine rings is 1. The largest absolute Gasteiger partial charge is 0.395 e. The molecular formula is C28H36NO2+. The molecule has 31 heavy (non-hydrogen) atoms. The van der Waals surface area contributed by atoms with Gasteiger partial charge in [-0.3, -0.25) is 0 Å². The van der Waals surface area contributed by atoms with Gasteiger partial charge in [0, 0.05) is 30.0 Å².